The van der Waals surface area contributed by atoms with Crippen LogP contribution in [0.4, 0.5) is 0 Å². The number of hydrazone groups is 3. The van der Waals surface area contributed by atoms with E-state index in [1.54, 1.807) is 48.7 Å². The largest absolute Gasteiger partial charge is 0.508 e. The Bertz CT molecular complexity index is 2600. The number of rotatable bonds is 12. The van der Waals surface area contributed by atoms with E-state index in [1.165, 1.54) is 95.1 Å². The number of carbonyl (C=O) groups is 3. The van der Waals surface area contributed by atoms with Gasteiger partial charge in [-0.25, -0.2) is 16.3 Å². The molecule has 0 aliphatic heterocycles. The lowest BCUT2D eigenvalue weighted by Crippen LogP contribution is -2.17. The number of carbonyl (C=O) groups excluding carboxylic acids is 3. The highest BCUT2D eigenvalue weighted by Crippen LogP contribution is 2.39. The Hall–Kier alpha value is -7.91. The van der Waals surface area contributed by atoms with Crippen molar-refractivity contribution in [3.05, 3.63) is 152 Å². The Labute approximate surface area is 376 Å². The molecule has 0 spiro atoms. The number of aromatic nitrogens is 3. The van der Waals surface area contributed by atoms with Crippen molar-refractivity contribution in [1.29, 1.82) is 0 Å². The van der Waals surface area contributed by atoms with E-state index >= 15 is 0 Å². The molecule has 0 radical (unpaired) electrons. The molecule has 0 fully saturated rings. The van der Waals surface area contributed by atoms with Crippen LogP contribution in [-0.4, -0.2) is 93.1 Å². The van der Waals surface area contributed by atoms with E-state index in [-0.39, 0.29) is 23.1 Å². The number of hydrogen-bond donors (Lipinski definition) is 7. The molecule has 3 heterocycles. The van der Waals surface area contributed by atoms with Crippen molar-refractivity contribution in [3.8, 4) is 40.2 Å². The Balaban J connectivity index is 0.000000209. The van der Waals surface area contributed by atoms with Gasteiger partial charge in [-0.1, -0.05) is 15.9 Å². The lowest BCUT2D eigenvalue weighted by molar-refractivity contribution is 0.0946. The van der Waals surface area contributed by atoms with Crippen LogP contribution in [-0.2, 0) is 0 Å². The van der Waals surface area contributed by atoms with E-state index in [0.717, 1.165) is 10.7 Å². The predicted molar refractivity (Wildman–Crippen MR) is 239 cm³/mol. The van der Waals surface area contributed by atoms with Crippen LogP contribution in [0.15, 0.2) is 134 Å². The first-order chi connectivity index (χ1) is 30.4. The van der Waals surface area contributed by atoms with Crippen molar-refractivity contribution in [2.45, 2.75) is 0 Å². The first kappa shape index (κ1) is 47.8. The molecule has 3 aromatic carbocycles. The minimum Gasteiger partial charge on any atom is -0.508 e. The molecule has 3 aromatic heterocycles. The summed E-state index contributed by atoms with van der Waals surface area (Å²) in [6.45, 7) is 0. The number of nitrogens with one attached hydrogen (secondary N) is 3. The molecule has 7 N–H and O–H groups in total. The molecule has 0 aliphatic carbocycles. The maximum Gasteiger partial charge on any atom is 0.272 e. The number of phenols is 4. The van der Waals surface area contributed by atoms with E-state index < -0.39 is 23.2 Å². The first-order valence-corrected chi connectivity index (χ1v) is 19.4. The average Bonchev–Trinajstić information content (AvgIpc) is 3.30. The summed E-state index contributed by atoms with van der Waals surface area (Å²) in [5.41, 5.74) is 9.77. The van der Waals surface area contributed by atoms with E-state index in [9.17, 15) is 29.7 Å². The quantitative estimate of drug-likeness (QED) is 0.0428. The second kappa shape index (κ2) is 24.4. The third-order valence-electron chi connectivity index (χ3n) is 7.84. The van der Waals surface area contributed by atoms with Crippen molar-refractivity contribution in [3.63, 3.8) is 0 Å². The molecule has 0 unspecified atom stereocenters. The fraction of sp³-hybridized carbons (Fsp3) is 0.0714. The fourth-order valence-electron chi connectivity index (χ4n) is 4.76. The van der Waals surface area contributed by atoms with Crippen molar-refractivity contribution in [1.82, 2.24) is 31.2 Å². The van der Waals surface area contributed by atoms with E-state index in [4.69, 9.17) is 19.3 Å². The van der Waals surface area contributed by atoms with E-state index in [1.807, 2.05) is 0 Å². The number of hydrogen-bond acceptors (Lipinski definition) is 16. The van der Waals surface area contributed by atoms with Crippen LogP contribution in [0.1, 0.15) is 47.8 Å². The van der Waals surface area contributed by atoms with E-state index in [2.05, 4.69) is 78.4 Å². The molecule has 21 heteroatoms. The minimum absolute atomic E-state index is 0.130. The van der Waals surface area contributed by atoms with Gasteiger partial charge in [0.25, 0.3) is 17.7 Å². The minimum atomic E-state index is -0.644. The maximum atomic E-state index is 12.0. The SMILES string of the molecule is COc1ccc(/C=N/NC(=O)c2cncc(Br)c2)c(OC)c1OC.O=C(N/N=C/c1cc(O)ccc1Br)c1ccncc1.O=C(N/N=C/c1ccc(O)c(O)c1O)c1ccncc1. The monoisotopic (exact) mass is 985 g/mol. The number of aromatic hydroxyl groups is 4. The van der Waals surface area contributed by atoms with Crippen LogP contribution >= 0.6 is 31.9 Å². The predicted octanol–water partition coefficient (Wildman–Crippen LogP) is 5.91. The summed E-state index contributed by atoms with van der Waals surface area (Å²) in [6.07, 6.45) is 13.1. The molecular formula is C42H37Br2N9O10. The van der Waals surface area contributed by atoms with Gasteiger partial charge in [0.2, 0.25) is 11.5 Å². The van der Waals surface area contributed by atoms with Gasteiger partial charge >= 0.3 is 0 Å². The molecule has 19 nitrogen and oxygen atoms in total. The summed E-state index contributed by atoms with van der Waals surface area (Å²) in [7, 11) is 4.57. The smallest absolute Gasteiger partial charge is 0.272 e. The van der Waals surface area contributed by atoms with Crippen LogP contribution in [0.3, 0.4) is 0 Å². The Morgan fingerprint density at radius 2 is 1.08 bits per heavy atom. The van der Waals surface area contributed by atoms with Gasteiger partial charge in [-0.2, -0.15) is 15.3 Å². The number of amides is 3. The standard InChI is InChI=1S/C16H16BrN3O4.C13H10BrN3O2.C13H11N3O4/c1-22-13-5-4-10(14(23-2)15(13)24-3)8-19-20-16(21)11-6-12(17)9-18-7-11;14-12-2-1-11(18)7-10(12)8-16-17-13(19)9-3-5-15-6-4-9;17-10-2-1-9(11(18)12(10)19)7-15-16-13(20)8-3-5-14-6-4-8/h4-9H,1-3H3,(H,20,21);1-8,18H,(H,17,19);1-7,17-19H,(H,16,20)/b19-8+;16-8+;15-7+. The molecule has 324 valence electrons. The third-order valence-corrected chi connectivity index (χ3v) is 8.99. The fourth-order valence-corrected chi connectivity index (χ4v) is 5.48. The topological polar surface area (TPSA) is 272 Å². The van der Waals surface area contributed by atoms with Crippen molar-refractivity contribution in [2.75, 3.05) is 21.3 Å². The van der Waals surface area contributed by atoms with Gasteiger partial charge in [0.15, 0.2) is 23.0 Å². The van der Waals surface area contributed by atoms with Crippen LogP contribution in [0, 0.1) is 0 Å². The van der Waals surface area contributed by atoms with Crippen molar-refractivity contribution >= 4 is 68.2 Å². The summed E-state index contributed by atoms with van der Waals surface area (Å²) in [6, 6.07) is 18.7. The Morgan fingerprint density at radius 3 is 1.62 bits per heavy atom. The molecule has 0 saturated heterocycles. The summed E-state index contributed by atoms with van der Waals surface area (Å²) >= 11 is 6.58. The van der Waals surface area contributed by atoms with Gasteiger partial charge in [0, 0.05) is 73.9 Å². The number of benzene rings is 3. The molecule has 0 saturated carbocycles. The number of pyridine rings is 3. The van der Waals surface area contributed by atoms with Crippen molar-refractivity contribution < 1.29 is 49.0 Å². The van der Waals surface area contributed by atoms with Gasteiger partial charge in [-0.15, -0.1) is 0 Å². The summed E-state index contributed by atoms with van der Waals surface area (Å²) in [5, 5.41) is 48.8. The maximum absolute atomic E-state index is 12.0. The zero-order valence-corrected chi connectivity index (χ0v) is 36.5. The molecule has 0 bridgehead atoms. The third kappa shape index (κ3) is 14.4. The Morgan fingerprint density at radius 1 is 0.556 bits per heavy atom. The number of ether oxygens (including phenoxy) is 3. The zero-order valence-electron chi connectivity index (χ0n) is 33.3. The molecular weight excluding hydrogens is 950 g/mol. The number of halogens is 2. The average molecular weight is 988 g/mol. The highest BCUT2D eigenvalue weighted by atomic mass is 79.9. The van der Waals surface area contributed by atoms with Gasteiger partial charge in [0.1, 0.15) is 5.75 Å². The van der Waals surface area contributed by atoms with Crippen LogP contribution < -0.4 is 30.5 Å². The molecule has 0 aliphatic rings. The first-order valence-electron chi connectivity index (χ1n) is 17.8. The second-order valence-corrected chi connectivity index (χ2v) is 13.7. The lowest BCUT2D eigenvalue weighted by Gasteiger charge is -2.13. The van der Waals surface area contributed by atoms with Gasteiger partial charge in [-0.05, 0) is 88.7 Å². The molecule has 63 heavy (non-hydrogen) atoms. The molecule has 6 rings (SSSR count). The molecule has 0 atom stereocenters. The molecule has 3 amide bonds. The number of methoxy groups -OCH3 is 3. The number of phenolic OH excluding ortho intramolecular Hbond substituents is 4. The molecule has 6 aromatic rings. The lowest BCUT2D eigenvalue weighted by atomic mass is 10.2. The summed E-state index contributed by atoms with van der Waals surface area (Å²) < 4.78 is 17.3. The Kier molecular flexibility index (Phi) is 18.5. The summed E-state index contributed by atoms with van der Waals surface area (Å²) in [5.74, 6) is -1.17. The zero-order chi connectivity index (χ0) is 45.7. The highest BCUT2D eigenvalue weighted by molar-refractivity contribution is 9.10. The van der Waals surface area contributed by atoms with Crippen molar-refractivity contribution in [2.24, 2.45) is 15.3 Å². The normalized spacial score (nSPS) is 10.6. The number of nitrogens with zero attached hydrogens (tertiary/aromatic N) is 6. The van der Waals surface area contributed by atoms with Crippen LogP contribution in [0.2, 0.25) is 0 Å². The van der Waals surface area contributed by atoms with Crippen LogP contribution in [0.5, 0.6) is 40.2 Å². The van der Waals surface area contributed by atoms with Gasteiger partial charge in [-0.3, -0.25) is 29.3 Å². The van der Waals surface area contributed by atoms with Gasteiger partial charge in [0.05, 0.1) is 45.5 Å². The second-order valence-electron chi connectivity index (χ2n) is 12.0. The summed E-state index contributed by atoms with van der Waals surface area (Å²) in [4.78, 5) is 46.9. The highest BCUT2D eigenvalue weighted by Gasteiger charge is 2.15. The van der Waals surface area contributed by atoms with E-state index in [0.29, 0.717) is 49.5 Å². The van der Waals surface area contributed by atoms with Gasteiger partial charge < -0.3 is 34.6 Å². The van der Waals surface area contributed by atoms with Crippen LogP contribution in [0.25, 0.3) is 0 Å².